The Hall–Kier alpha value is -0.830. The zero-order valence-corrected chi connectivity index (χ0v) is 12.0. The summed E-state index contributed by atoms with van der Waals surface area (Å²) >= 11 is 0. The van der Waals surface area contributed by atoms with Crippen LogP contribution in [0.2, 0.25) is 0 Å². The molecule has 1 N–H and O–H groups in total. The van der Waals surface area contributed by atoms with E-state index in [1.165, 1.54) is 31.2 Å². The van der Waals surface area contributed by atoms with Crippen LogP contribution >= 0.6 is 0 Å². The third-order valence-corrected chi connectivity index (χ3v) is 3.76. The van der Waals surface area contributed by atoms with E-state index in [9.17, 15) is 0 Å². The molecule has 102 valence electrons. The molecule has 1 aliphatic rings. The molecule has 1 atom stereocenters. The lowest BCUT2D eigenvalue weighted by Gasteiger charge is -2.19. The second-order valence-electron chi connectivity index (χ2n) is 6.15. The predicted molar refractivity (Wildman–Crippen MR) is 75.6 cm³/mol. The normalized spacial score (nSPS) is 17.3. The van der Waals surface area contributed by atoms with Gasteiger partial charge in [-0.3, -0.25) is 4.68 Å². The summed E-state index contributed by atoms with van der Waals surface area (Å²) < 4.78 is 2.04. The number of hydrogen-bond donors (Lipinski definition) is 1. The molecule has 1 aliphatic carbocycles. The van der Waals surface area contributed by atoms with E-state index in [4.69, 9.17) is 0 Å². The number of hydrogen-bond acceptors (Lipinski definition) is 2. The lowest BCUT2D eigenvalue weighted by atomic mass is 10.0. The van der Waals surface area contributed by atoms with E-state index in [2.05, 4.69) is 37.4 Å². The first kappa shape index (κ1) is 13.6. The average molecular weight is 249 g/mol. The van der Waals surface area contributed by atoms with Crippen LogP contribution in [-0.4, -0.2) is 22.4 Å². The Bertz CT molecular complexity index is 352. The van der Waals surface area contributed by atoms with Gasteiger partial charge in [0.25, 0.3) is 0 Å². The fourth-order valence-electron chi connectivity index (χ4n) is 2.47. The molecular formula is C15H27N3. The summed E-state index contributed by atoms with van der Waals surface area (Å²) in [5.74, 6) is 1.77. The van der Waals surface area contributed by atoms with Gasteiger partial charge in [-0.25, -0.2) is 0 Å². The van der Waals surface area contributed by atoms with E-state index >= 15 is 0 Å². The molecule has 2 rings (SSSR count). The largest absolute Gasteiger partial charge is 0.312 e. The van der Waals surface area contributed by atoms with E-state index < -0.39 is 0 Å². The van der Waals surface area contributed by atoms with Crippen molar-refractivity contribution in [2.75, 3.05) is 6.54 Å². The van der Waals surface area contributed by atoms with Crippen molar-refractivity contribution in [3.8, 4) is 0 Å². The van der Waals surface area contributed by atoms with Crippen LogP contribution in [0, 0.1) is 18.8 Å². The topological polar surface area (TPSA) is 29.9 Å². The van der Waals surface area contributed by atoms with E-state index in [-0.39, 0.29) is 0 Å². The van der Waals surface area contributed by atoms with Gasteiger partial charge in [0.05, 0.1) is 12.7 Å². The lowest BCUT2D eigenvalue weighted by Crippen LogP contribution is -2.34. The molecule has 0 aliphatic heterocycles. The van der Waals surface area contributed by atoms with Gasteiger partial charge >= 0.3 is 0 Å². The zero-order valence-electron chi connectivity index (χ0n) is 12.0. The lowest BCUT2D eigenvalue weighted by molar-refractivity contribution is 0.384. The van der Waals surface area contributed by atoms with Crippen LogP contribution < -0.4 is 5.32 Å². The van der Waals surface area contributed by atoms with Gasteiger partial charge in [-0.15, -0.1) is 0 Å². The molecular weight excluding hydrogens is 222 g/mol. The first-order valence-electron chi connectivity index (χ1n) is 7.37. The van der Waals surface area contributed by atoms with Crippen LogP contribution in [-0.2, 0) is 6.54 Å². The molecule has 0 saturated heterocycles. The first-order chi connectivity index (χ1) is 8.65. The summed E-state index contributed by atoms with van der Waals surface area (Å²) in [7, 11) is 0. The SMILES string of the molecule is Cc1cnn(CCNC(CCC(C)C)C2CC2)c1. The number of nitrogens with one attached hydrogen (secondary N) is 1. The molecule has 1 unspecified atom stereocenters. The van der Waals surface area contributed by atoms with Gasteiger partial charge in [0.15, 0.2) is 0 Å². The van der Waals surface area contributed by atoms with Gasteiger partial charge in [-0.05, 0) is 50.0 Å². The fourth-order valence-corrected chi connectivity index (χ4v) is 2.47. The smallest absolute Gasteiger partial charge is 0.0534 e. The Morgan fingerprint density at radius 2 is 2.17 bits per heavy atom. The van der Waals surface area contributed by atoms with Crippen molar-refractivity contribution in [3.05, 3.63) is 18.0 Å². The molecule has 1 saturated carbocycles. The maximum Gasteiger partial charge on any atom is 0.0534 e. The first-order valence-corrected chi connectivity index (χ1v) is 7.37. The molecule has 0 bridgehead atoms. The summed E-state index contributed by atoms with van der Waals surface area (Å²) in [5.41, 5.74) is 1.24. The Balaban J connectivity index is 1.69. The minimum absolute atomic E-state index is 0.740. The van der Waals surface area contributed by atoms with Gasteiger partial charge in [0, 0.05) is 18.8 Å². The van der Waals surface area contributed by atoms with Crippen molar-refractivity contribution in [1.29, 1.82) is 0 Å². The maximum atomic E-state index is 4.32. The molecule has 0 spiro atoms. The van der Waals surface area contributed by atoms with Crippen LogP contribution in [0.1, 0.15) is 45.1 Å². The van der Waals surface area contributed by atoms with Gasteiger partial charge in [-0.1, -0.05) is 13.8 Å². The van der Waals surface area contributed by atoms with Crippen LogP contribution in [0.3, 0.4) is 0 Å². The molecule has 1 heterocycles. The summed E-state index contributed by atoms with van der Waals surface area (Å²) in [6.07, 6.45) is 9.57. The highest BCUT2D eigenvalue weighted by Crippen LogP contribution is 2.34. The summed E-state index contributed by atoms with van der Waals surface area (Å²) in [6.45, 7) is 8.75. The zero-order chi connectivity index (χ0) is 13.0. The number of nitrogens with zero attached hydrogens (tertiary/aromatic N) is 2. The van der Waals surface area contributed by atoms with Crippen molar-refractivity contribution in [2.45, 2.75) is 59.0 Å². The van der Waals surface area contributed by atoms with Crippen molar-refractivity contribution in [1.82, 2.24) is 15.1 Å². The highest BCUT2D eigenvalue weighted by atomic mass is 15.3. The Labute approximate surface area is 111 Å². The molecule has 1 aromatic rings. The summed E-state index contributed by atoms with van der Waals surface area (Å²) in [5, 5.41) is 8.06. The molecule has 3 nitrogen and oxygen atoms in total. The van der Waals surface area contributed by atoms with Crippen molar-refractivity contribution < 1.29 is 0 Å². The van der Waals surface area contributed by atoms with E-state index in [0.29, 0.717) is 0 Å². The molecule has 18 heavy (non-hydrogen) atoms. The van der Waals surface area contributed by atoms with Gasteiger partial charge < -0.3 is 5.32 Å². The molecule has 0 aromatic carbocycles. The molecule has 1 fully saturated rings. The molecule has 3 heteroatoms. The summed E-state index contributed by atoms with van der Waals surface area (Å²) in [6, 6.07) is 0.740. The van der Waals surface area contributed by atoms with Crippen LogP contribution in [0.25, 0.3) is 0 Å². The van der Waals surface area contributed by atoms with Gasteiger partial charge in [0.2, 0.25) is 0 Å². The number of aryl methyl sites for hydroxylation is 1. The highest BCUT2D eigenvalue weighted by Gasteiger charge is 2.30. The van der Waals surface area contributed by atoms with Crippen molar-refractivity contribution in [2.24, 2.45) is 11.8 Å². The third kappa shape index (κ3) is 4.45. The molecule has 0 radical (unpaired) electrons. The third-order valence-electron chi connectivity index (χ3n) is 3.76. The van der Waals surface area contributed by atoms with Gasteiger partial charge in [0.1, 0.15) is 0 Å². The second-order valence-corrected chi connectivity index (χ2v) is 6.15. The second kappa shape index (κ2) is 6.37. The summed E-state index contributed by atoms with van der Waals surface area (Å²) in [4.78, 5) is 0. The monoisotopic (exact) mass is 249 g/mol. The quantitative estimate of drug-likeness (QED) is 0.767. The van der Waals surface area contributed by atoms with Gasteiger partial charge in [-0.2, -0.15) is 5.10 Å². The molecule has 1 aromatic heterocycles. The number of aromatic nitrogens is 2. The predicted octanol–water partition coefficient (Wildman–Crippen LogP) is 3.00. The average Bonchev–Trinajstić information content (AvgIpc) is 3.07. The highest BCUT2D eigenvalue weighted by molar-refractivity contribution is 4.99. The van der Waals surface area contributed by atoms with E-state index in [0.717, 1.165) is 31.0 Å². The van der Waals surface area contributed by atoms with Crippen molar-refractivity contribution >= 4 is 0 Å². The molecule has 0 amide bonds. The Morgan fingerprint density at radius 1 is 1.39 bits per heavy atom. The fraction of sp³-hybridized carbons (Fsp3) is 0.800. The minimum Gasteiger partial charge on any atom is -0.312 e. The standard InChI is InChI=1S/C15H27N3/c1-12(2)4-7-15(14-5-6-14)16-8-9-18-11-13(3)10-17-18/h10-12,14-16H,4-9H2,1-3H3. The number of rotatable bonds is 8. The Kier molecular flexibility index (Phi) is 4.81. The van der Waals surface area contributed by atoms with Crippen LogP contribution in [0.4, 0.5) is 0 Å². The Morgan fingerprint density at radius 3 is 2.72 bits per heavy atom. The van der Waals surface area contributed by atoms with Crippen molar-refractivity contribution in [3.63, 3.8) is 0 Å². The maximum absolute atomic E-state index is 4.32. The van der Waals surface area contributed by atoms with Crippen LogP contribution in [0.15, 0.2) is 12.4 Å². The minimum atomic E-state index is 0.740. The van der Waals surface area contributed by atoms with Crippen LogP contribution in [0.5, 0.6) is 0 Å². The van der Waals surface area contributed by atoms with E-state index in [1.54, 1.807) is 0 Å². The van der Waals surface area contributed by atoms with E-state index in [1.807, 2.05) is 10.9 Å².